The molecular weight excluding hydrogens is 1130 g/mol. The number of aryl methyl sites for hydroxylation is 1. The fourth-order valence-electron chi connectivity index (χ4n) is 18.7. The van der Waals surface area contributed by atoms with Crippen molar-refractivity contribution in [3.05, 3.63) is 245 Å². The van der Waals surface area contributed by atoms with E-state index >= 15 is 0 Å². The summed E-state index contributed by atoms with van der Waals surface area (Å²) >= 11 is 0. The van der Waals surface area contributed by atoms with Crippen molar-refractivity contribution in [1.29, 1.82) is 0 Å². The Balaban J connectivity index is 0.990. The maximum atomic E-state index is 2.85. The van der Waals surface area contributed by atoms with E-state index in [-0.39, 0.29) is 17.5 Å². The van der Waals surface area contributed by atoms with E-state index in [0.717, 1.165) is 25.7 Å². The topological polar surface area (TPSA) is 19.6 Å². The van der Waals surface area contributed by atoms with Crippen LogP contribution in [0.4, 0.5) is 45.5 Å². The Morgan fingerprint density at radius 1 is 0.366 bits per heavy atom. The zero-order chi connectivity index (χ0) is 62.4. The highest BCUT2D eigenvalue weighted by molar-refractivity contribution is 7.00. The third-order valence-electron chi connectivity index (χ3n) is 23.1. The predicted octanol–water partition coefficient (Wildman–Crippen LogP) is 20.6. The van der Waals surface area contributed by atoms with Crippen LogP contribution in [-0.4, -0.2) is 21.9 Å². The molecular formula is C87H86BN5. The minimum absolute atomic E-state index is 0.0709. The zero-order valence-electron chi connectivity index (χ0n) is 55.5. The van der Waals surface area contributed by atoms with E-state index in [1.807, 2.05) is 0 Å². The van der Waals surface area contributed by atoms with Gasteiger partial charge in [0.05, 0.1) is 16.9 Å². The Hall–Kier alpha value is -8.74. The van der Waals surface area contributed by atoms with Crippen molar-refractivity contribution in [3.8, 4) is 33.6 Å². The van der Waals surface area contributed by atoms with E-state index in [4.69, 9.17) is 0 Å². The Morgan fingerprint density at radius 2 is 0.849 bits per heavy atom. The first kappa shape index (κ1) is 57.0. The van der Waals surface area contributed by atoms with Gasteiger partial charge in [0.25, 0.3) is 6.71 Å². The van der Waals surface area contributed by atoms with Crippen molar-refractivity contribution in [3.63, 3.8) is 0 Å². The van der Waals surface area contributed by atoms with Crippen LogP contribution in [0, 0.1) is 0 Å². The number of hydrogen-bond donors (Lipinski definition) is 0. The molecule has 1 saturated carbocycles. The average molecular weight is 1210 g/mol. The summed E-state index contributed by atoms with van der Waals surface area (Å²) in [5, 5.41) is 1.40. The highest BCUT2D eigenvalue weighted by atomic mass is 15.2. The van der Waals surface area contributed by atoms with Crippen molar-refractivity contribution in [2.24, 2.45) is 0 Å². The van der Waals surface area contributed by atoms with Gasteiger partial charge in [-0.1, -0.05) is 182 Å². The van der Waals surface area contributed by atoms with Crippen molar-refractivity contribution in [2.75, 3.05) is 14.7 Å². The van der Waals surface area contributed by atoms with Gasteiger partial charge < -0.3 is 23.8 Å². The molecule has 2 atom stereocenters. The van der Waals surface area contributed by atoms with Crippen LogP contribution in [0.1, 0.15) is 169 Å². The van der Waals surface area contributed by atoms with Crippen LogP contribution in [-0.2, 0) is 49.4 Å². The summed E-state index contributed by atoms with van der Waals surface area (Å²) in [7, 11) is 0. The lowest BCUT2D eigenvalue weighted by Crippen LogP contribution is -2.61. The summed E-state index contributed by atoms with van der Waals surface area (Å²) in [5.74, 6) is 0.465. The van der Waals surface area contributed by atoms with Crippen molar-refractivity contribution in [2.45, 2.75) is 173 Å². The number of para-hydroxylation sites is 2. The van der Waals surface area contributed by atoms with Crippen LogP contribution < -0.4 is 31.1 Å². The van der Waals surface area contributed by atoms with Gasteiger partial charge in [-0.05, 0) is 234 Å². The average Bonchev–Trinajstić information content (AvgIpc) is 1.03. The van der Waals surface area contributed by atoms with E-state index in [9.17, 15) is 0 Å². The number of nitrogens with zero attached hydrogens (tertiary/aromatic N) is 5. The maximum absolute atomic E-state index is 2.85. The second kappa shape index (κ2) is 21.9. The molecule has 2 aromatic heterocycles. The summed E-state index contributed by atoms with van der Waals surface area (Å²) in [4.78, 5) is 8.41. The number of benzene rings is 9. The number of anilines is 8. The fourth-order valence-corrected chi connectivity index (χ4v) is 18.7. The molecule has 7 aliphatic rings. The number of hydrogen-bond acceptors (Lipinski definition) is 3. The van der Waals surface area contributed by atoms with Crippen molar-refractivity contribution < 1.29 is 0 Å². The molecule has 2 unspecified atom stereocenters. The molecule has 6 heteroatoms. The van der Waals surface area contributed by atoms with Gasteiger partial charge in [0.2, 0.25) is 0 Å². The van der Waals surface area contributed by atoms with Gasteiger partial charge in [-0.15, -0.1) is 0 Å². The van der Waals surface area contributed by atoms with Gasteiger partial charge in [-0.25, -0.2) is 0 Å². The Bertz CT molecular complexity index is 4760. The SMILES string of the molecule is CC(C)(C)c1ccc(N2c3cc(-n4c5c(c6c4CCCC6)CCCC5)ccc3B3c4ccc(-n5c6c(c7ccccc75)CCCC6)cc4N(c4ccc(C(C)(C)C)cc4-c4ccccc4)c4cc(N5c6ccccc6C6CCCCCC65)cc2c43)c(-c2ccccc2)c1. The number of aromatic nitrogens is 2. The molecule has 5 nitrogen and oxygen atoms in total. The first-order valence-electron chi connectivity index (χ1n) is 35.6. The van der Waals surface area contributed by atoms with Crippen LogP contribution >= 0.6 is 0 Å². The van der Waals surface area contributed by atoms with Crippen molar-refractivity contribution in [1.82, 2.24) is 9.13 Å². The minimum Gasteiger partial charge on any atom is -0.337 e. The largest absolute Gasteiger partial charge is 0.337 e. The van der Waals surface area contributed by atoms with Gasteiger partial charge >= 0.3 is 0 Å². The first-order chi connectivity index (χ1) is 45.4. The van der Waals surface area contributed by atoms with Gasteiger partial charge in [0, 0.05) is 91.1 Å². The van der Waals surface area contributed by atoms with Crippen LogP contribution in [0.2, 0.25) is 0 Å². The molecule has 9 aromatic carbocycles. The van der Waals surface area contributed by atoms with Crippen LogP contribution in [0.25, 0.3) is 44.5 Å². The standard InChI is InChI=1S/C87H86BN5/c1-86(2,3)58-42-48-79(69(50-58)56-26-10-7-11-27-56)92-81-52-60(89-73-37-21-16-31-64(73)65-32-17-22-38-74(65)89)44-46-71(81)88-72-47-45-61(90-75-39-23-18-33-66(75)67-34-19-24-40-76(67)90)53-82(72)93(80-49-43-59(87(4,5)6)51-70(80)57-28-12-8-13-29-57)84-55-62(54-83(92)85(84)88)91-77-36-15-9-14-30-63(77)68-35-20-25-41-78(68)91/h7-8,10-13,16,20-21,25-29,31,35,37,41-55,63,77H,9,14-15,17-19,22-24,30,32-34,36,38-40H2,1-6H3. The van der Waals surface area contributed by atoms with E-state index < -0.39 is 0 Å². The van der Waals surface area contributed by atoms with Crippen LogP contribution in [0.5, 0.6) is 0 Å². The molecule has 5 heterocycles. The lowest BCUT2D eigenvalue weighted by Gasteiger charge is -2.46. The molecule has 0 radical (unpaired) electrons. The molecule has 462 valence electrons. The second-order valence-electron chi connectivity index (χ2n) is 30.5. The highest BCUT2D eigenvalue weighted by Crippen LogP contribution is 2.56. The van der Waals surface area contributed by atoms with Gasteiger partial charge in [-0.3, -0.25) is 0 Å². The van der Waals surface area contributed by atoms with Gasteiger partial charge in [-0.2, -0.15) is 0 Å². The predicted molar refractivity (Wildman–Crippen MR) is 393 cm³/mol. The molecule has 0 saturated heterocycles. The molecule has 11 aromatic rings. The zero-order valence-corrected chi connectivity index (χ0v) is 55.5. The van der Waals surface area contributed by atoms with Gasteiger partial charge in [0.1, 0.15) is 0 Å². The Morgan fingerprint density at radius 3 is 1.43 bits per heavy atom. The molecule has 0 spiro atoms. The number of fused-ring (bicyclic) bond motifs is 13. The number of rotatable bonds is 7. The second-order valence-corrected chi connectivity index (χ2v) is 30.5. The molecule has 4 aliphatic carbocycles. The van der Waals surface area contributed by atoms with Crippen LogP contribution in [0.15, 0.2) is 194 Å². The summed E-state index contributed by atoms with van der Waals surface area (Å²) in [5.41, 5.74) is 36.5. The molecule has 0 amide bonds. The fraction of sp³-hybridized carbons (Fsp3) is 0.310. The minimum atomic E-state index is -0.0907. The summed E-state index contributed by atoms with van der Waals surface area (Å²) < 4.78 is 5.46. The normalized spacial score (nSPS) is 18.0. The Kier molecular flexibility index (Phi) is 13.4. The lowest BCUT2D eigenvalue weighted by atomic mass is 9.33. The summed E-state index contributed by atoms with van der Waals surface area (Å²) in [6.07, 6.45) is 20.6. The van der Waals surface area contributed by atoms with E-state index in [1.165, 1.54) is 218 Å². The quantitative estimate of drug-likeness (QED) is 0.148. The van der Waals surface area contributed by atoms with E-state index in [0.29, 0.717) is 12.0 Å². The molecule has 0 N–H and O–H groups in total. The third kappa shape index (κ3) is 9.07. The molecule has 0 bridgehead atoms. The summed E-state index contributed by atoms with van der Waals surface area (Å²) in [6, 6.07) is 77.7. The highest BCUT2D eigenvalue weighted by Gasteiger charge is 2.47. The lowest BCUT2D eigenvalue weighted by molar-refractivity contribution is 0.529. The third-order valence-corrected chi connectivity index (χ3v) is 23.1. The van der Waals surface area contributed by atoms with E-state index in [1.54, 1.807) is 22.5 Å². The first-order valence-corrected chi connectivity index (χ1v) is 35.6. The molecule has 93 heavy (non-hydrogen) atoms. The smallest absolute Gasteiger partial charge is 0.252 e. The van der Waals surface area contributed by atoms with Crippen LogP contribution in [0.3, 0.4) is 0 Å². The van der Waals surface area contributed by atoms with Gasteiger partial charge in [0.15, 0.2) is 0 Å². The Labute approximate surface area is 551 Å². The van der Waals surface area contributed by atoms with Crippen molar-refractivity contribution >= 4 is 79.5 Å². The monoisotopic (exact) mass is 1210 g/mol. The summed E-state index contributed by atoms with van der Waals surface area (Å²) in [6.45, 7) is 14.1. The molecule has 3 aliphatic heterocycles. The molecule has 1 fully saturated rings. The van der Waals surface area contributed by atoms with E-state index in [2.05, 4.69) is 260 Å². The maximum Gasteiger partial charge on any atom is 0.252 e. The molecule has 18 rings (SSSR count).